The lowest BCUT2D eigenvalue weighted by molar-refractivity contribution is -0.137. The molecule has 0 unspecified atom stereocenters. The molecule has 132 valence electrons. The highest BCUT2D eigenvalue weighted by Crippen LogP contribution is 2.36. The Morgan fingerprint density at radius 1 is 1.08 bits per heavy atom. The molecule has 7 heteroatoms. The first kappa shape index (κ1) is 18.3. The maximum absolute atomic E-state index is 13.2. The minimum Gasteiger partial charge on any atom is -0.341 e. The zero-order chi connectivity index (χ0) is 17.7. The zero-order valence-corrected chi connectivity index (χ0v) is 13.6. The van der Waals surface area contributed by atoms with Crippen molar-refractivity contribution in [3.63, 3.8) is 0 Å². The number of para-hydroxylation sites is 1. The van der Waals surface area contributed by atoms with Gasteiger partial charge in [0.05, 0.1) is 11.3 Å². The van der Waals surface area contributed by atoms with E-state index in [1.165, 1.54) is 25.1 Å². The van der Waals surface area contributed by atoms with Crippen molar-refractivity contribution in [2.45, 2.75) is 38.8 Å². The molecule has 0 atom stereocenters. The minimum atomic E-state index is -4.59. The number of rotatable bonds is 3. The largest absolute Gasteiger partial charge is 0.418 e. The Labute approximate surface area is 139 Å². The minimum absolute atomic E-state index is 0.277. The first-order valence-electron chi connectivity index (χ1n) is 8.03. The number of carbonyl (C=O) groups excluding carboxylic acids is 2. The maximum atomic E-state index is 13.2. The number of alkyl halides is 3. The SMILES string of the molecule is CC(=O)N(CC(=O)N1CCCCCC1)c1ccccc1C(F)(F)F. The Morgan fingerprint density at radius 3 is 2.21 bits per heavy atom. The number of hydrogen-bond acceptors (Lipinski definition) is 2. The topological polar surface area (TPSA) is 40.6 Å². The van der Waals surface area contributed by atoms with Gasteiger partial charge < -0.3 is 9.80 Å². The lowest BCUT2D eigenvalue weighted by Crippen LogP contribution is -2.43. The summed E-state index contributed by atoms with van der Waals surface area (Å²) >= 11 is 0. The molecule has 0 N–H and O–H groups in total. The molecule has 0 spiro atoms. The molecular formula is C17H21F3N2O2. The fourth-order valence-electron chi connectivity index (χ4n) is 2.87. The summed E-state index contributed by atoms with van der Waals surface area (Å²) in [6.07, 6.45) is -0.750. The molecule has 0 aliphatic carbocycles. The molecular weight excluding hydrogens is 321 g/mol. The van der Waals surface area contributed by atoms with Crippen molar-refractivity contribution < 1.29 is 22.8 Å². The van der Waals surface area contributed by atoms with Crippen LogP contribution < -0.4 is 4.90 Å². The predicted octanol–water partition coefficient (Wildman–Crippen LogP) is 3.46. The van der Waals surface area contributed by atoms with Gasteiger partial charge in [0, 0.05) is 20.0 Å². The van der Waals surface area contributed by atoms with E-state index >= 15 is 0 Å². The van der Waals surface area contributed by atoms with E-state index in [9.17, 15) is 22.8 Å². The third-order valence-electron chi connectivity index (χ3n) is 4.13. The van der Waals surface area contributed by atoms with Crippen molar-refractivity contribution in [2.75, 3.05) is 24.5 Å². The molecule has 1 aliphatic heterocycles. The van der Waals surface area contributed by atoms with Crippen molar-refractivity contribution >= 4 is 17.5 Å². The molecule has 1 fully saturated rings. The summed E-state index contributed by atoms with van der Waals surface area (Å²) in [5, 5.41) is 0. The highest BCUT2D eigenvalue weighted by atomic mass is 19.4. The van der Waals surface area contributed by atoms with Gasteiger partial charge in [0.15, 0.2) is 0 Å². The summed E-state index contributed by atoms with van der Waals surface area (Å²) < 4.78 is 39.6. The van der Waals surface area contributed by atoms with Crippen molar-refractivity contribution in [1.29, 1.82) is 0 Å². The highest BCUT2D eigenvalue weighted by Gasteiger charge is 2.36. The monoisotopic (exact) mass is 342 g/mol. The fraction of sp³-hybridized carbons (Fsp3) is 0.529. The van der Waals surface area contributed by atoms with Crippen LogP contribution in [0.15, 0.2) is 24.3 Å². The highest BCUT2D eigenvalue weighted by molar-refractivity contribution is 5.98. The van der Waals surface area contributed by atoms with Crippen molar-refractivity contribution in [2.24, 2.45) is 0 Å². The number of hydrogen-bond donors (Lipinski definition) is 0. The van der Waals surface area contributed by atoms with Crippen LogP contribution >= 0.6 is 0 Å². The van der Waals surface area contributed by atoms with Gasteiger partial charge in [0.1, 0.15) is 6.54 Å². The number of benzene rings is 1. The van der Waals surface area contributed by atoms with Crippen LogP contribution in [0.3, 0.4) is 0 Å². The average molecular weight is 342 g/mol. The lowest BCUT2D eigenvalue weighted by Gasteiger charge is -2.28. The van der Waals surface area contributed by atoms with Crippen LogP contribution in [-0.2, 0) is 15.8 Å². The van der Waals surface area contributed by atoms with Gasteiger partial charge in [-0.3, -0.25) is 9.59 Å². The van der Waals surface area contributed by atoms with Crippen molar-refractivity contribution in [1.82, 2.24) is 4.90 Å². The van der Waals surface area contributed by atoms with Gasteiger partial charge in [-0.2, -0.15) is 13.2 Å². The predicted molar refractivity (Wildman–Crippen MR) is 84.5 cm³/mol. The van der Waals surface area contributed by atoms with Crippen LogP contribution in [-0.4, -0.2) is 36.3 Å². The van der Waals surface area contributed by atoms with E-state index in [2.05, 4.69) is 0 Å². The van der Waals surface area contributed by atoms with Crippen molar-refractivity contribution in [3.8, 4) is 0 Å². The molecule has 0 saturated carbocycles. The van der Waals surface area contributed by atoms with Gasteiger partial charge in [-0.15, -0.1) is 0 Å². The second-order valence-electron chi connectivity index (χ2n) is 5.92. The van der Waals surface area contributed by atoms with E-state index in [0.29, 0.717) is 13.1 Å². The molecule has 1 aliphatic rings. The van der Waals surface area contributed by atoms with Crippen LogP contribution in [0.4, 0.5) is 18.9 Å². The summed E-state index contributed by atoms with van der Waals surface area (Å²) in [5.74, 6) is -0.904. The summed E-state index contributed by atoms with van der Waals surface area (Å²) in [4.78, 5) is 26.9. The smallest absolute Gasteiger partial charge is 0.341 e. The van der Waals surface area contributed by atoms with Crippen molar-refractivity contribution in [3.05, 3.63) is 29.8 Å². The van der Waals surface area contributed by atoms with E-state index in [4.69, 9.17) is 0 Å². The van der Waals surface area contributed by atoms with E-state index in [0.717, 1.165) is 36.6 Å². The molecule has 0 aromatic heterocycles. The van der Waals surface area contributed by atoms with E-state index in [1.807, 2.05) is 0 Å². The zero-order valence-electron chi connectivity index (χ0n) is 13.6. The molecule has 2 rings (SSSR count). The number of carbonyl (C=O) groups is 2. The Hall–Kier alpha value is -2.05. The molecule has 1 saturated heterocycles. The van der Waals surface area contributed by atoms with Gasteiger partial charge in [-0.25, -0.2) is 0 Å². The quantitative estimate of drug-likeness (QED) is 0.844. The van der Waals surface area contributed by atoms with Crippen LogP contribution in [0, 0.1) is 0 Å². The molecule has 4 nitrogen and oxygen atoms in total. The van der Waals surface area contributed by atoms with Crippen LogP contribution in [0.5, 0.6) is 0 Å². The first-order chi connectivity index (χ1) is 11.3. The maximum Gasteiger partial charge on any atom is 0.418 e. The Morgan fingerprint density at radius 2 is 1.67 bits per heavy atom. The van der Waals surface area contributed by atoms with Gasteiger partial charge in [-0.05, 0) is 25.0 Å². The fourth-order valence-corrected chi connectivity index (χ4v) is 2.87. The van der Waals surface area contributed by atoms with Crippen LogP contribution in [0.25, 0.3) is 0 Å². The second kappa shape index (κ2) is 7.68. The van der Waals surface area contributed by atoms with Gasteiger partial charge in [0.25, 0.3) is 0 Å². The lowest BCUT2D eigenvalue weighted by atomic mass is 10.1. The molecule has 2 amide bonds. The number of halogens is 3. The van der Waals surface area contributed by atoms with E-state index in [1.54, 1.807) is 4.90 Å². The molecule has 1 aromatic rings. The molecule has 24 heavy (non-hydrogen) atoms. The molecule has 0 bridgehead atoms. The number of likely N-dealkylation sites (tertiary alicyclic amines) is 1. The average Bonchev–Trinajstić information content (AvgIpc) is 2.80. The molecule has 1 heterocycles. The van der Waals surface area contributed by atoms with Gasteiger partial charge >= 0.3 is 6.18 Å². The molecule has 1 aromatic carbocycles. The summed E-state index contributed by atoms with van der Waals surface area (Å²) in [7, 11) is 0. The van der Waals surface area contributed by atoms with E-state index in [-0.39, 0.29) is 18.1 Å². The summed E-state index contributed by atoms with van der Waals surface area (Å²) in [6.45, 7) is 1.97. The van der Waals surface area contributed by atoms with Gasteiger partial charge in [-0.1, -0.05) is 25.0 Å². The third-order valence-corrected chi connectivity index (χ3v) is 4.13. The number of nitrogens with zero attached hydrogens (tertiary/aromatic N) is 2. The van der Waals surface area contributed by atoms with E-state index < -0.39 is 17.6 Å². The molecule has 0 radical (unpaired) electrons. The standard InChI is InChI=1S/C17H21F3N2O2/c1-13(23)22(12-16(24)21-10-6-2-3-7-11-21)15-9-5-4-8-14(15)17(18,19)20/h4-5,8-9H,2-3,6-7,10-12H2,1H3. The normalized spacial score (nSPS) is 15.8. The second-order valence-corrected chi connectivity index (χ2v) is 5.92. The Kier molecular flexibility index (Phi) is 5.85. The summed E-state index contributed by atoms with van der Waals surface area (Å²) in [6, 6.07) is 4.83. The third kappa shape index (κ3) is 4.49. The van der Waals surface area contributed by atoms with Gasteiger partial charge in [0.2, 0.25) is 11.8 Å². The van der Waals surface area contributed by atoms with Crippen LogP contribution in [0.1, 0.15) is 38.2 Å². The number of anilines is 1. The first-order valence-corrected chi connectivity index (χ1v) is 8.03. The number of amides is 2. The Balaban J connectivity index is 2.24. The Bertz CT molecular complexity index is 594. The summed E-state index contributed by atoms with van der Waals surface area (Å²) in [5.41, 5.74) is -1.19. The van der Waals surface area contributed by atoms with Crippen LogP contribution in [0.2, 0.25) is 0 Å².